The summed E-state index contributed by atoms with van der Waals surface area (Å²) in [5, 5.41) is 0. The fourth-order valence-electron chi connectivity index (χ4n) is 9.35. The van der Waals surface area contributed by atoms with Crippen LogP contribution >= 0.6 is 11.8 Å². The van der Waals surface area contributed by atoms with Crippen molar-refractivity contribution in [3.05, 3.63) is 235 Å². The average Bonchev–Trinajstić information content (AvgIpc) is 3.64. The number of hydrogen-bond donors (Lipinski definition) is 0. The third-order valence-corrected chi connectivity index (χ3v) is 13.3. The molecule has 0 amide bonds. The van der Waals surface area contributed by atoms with Crippen molar-refractivity contribution in [3.8, 4) is 78.7 Å². The Morgan fingerprint density at radius 1 is 0.306 bits per heavy atom. The highest BCUT2D eigenvalue weighted by Crippen LogP contribution is 2.63. The summed E-state index contributed by atoms with van der Waals surface area (Å²) in [5.74, 6) is 0.690. The normalized spacial score (nSPS) is 12.9. The molecule has 10 aromatic rings. The smallest absolute Gasteiger partial charge is 0.160 e. The SMILES string of the molecule is c1ccc(-c2cc(-c3ccccc3)nc(-c3ccc4c(c3)C3(c5ccccc5Sc5ccccc53)c3cc(-c5cc(-c6ccncc6)nc(-c6ccncc6)c5)ccc3-4)n2)cc1. The molecule has 12 rings (SSSR count). The van der Waals surface area contributed by atoms with E-state index in [-0.39, 0.29) is 0 Å². The highest BCUT2D eigenvalue weighted by atomic mass is 32.2. The molecule has 1 aliphatic carbocycles. The van der Waals surface area contributed by atoms with Gasteiger partial charge in [-0.2, -0.15) is 0 Å². The molecule has 0 fully saturated rings. The summed E-state index contributed by atoms with van der Waals surface area (Å²) in [7, 11) is 0. The van der Waals surface area contributed by atoms with Crippen LogP contribution in [0.1, 0.15) is 22.3 Å². The molecule has 5 nitrogen and oxygen atoms in total. The molecule has 0 bridgehead atoms. The number of benzene rings is 6. The van der Waals surface area contributed by atoms with Crippen LogP contribution in [0.25, 0.3) is 78.7 Å². The van der Waals surface area contributed by atoms with E-state index >= 15 is 0 Å². The summed E-state index contributed by atoms with van der Waals surface area (Å²) in [5.41, 5.74) is 17.6. The van der Waals surface area contributed by atoms with E-state index < -0.39 is 5.41 Å². The van der Waals surface area contributed by atoms with Gasteiger partial charge in [0.15, 0.2) is 5.82 Å². The van der Waals surface area contributed by atoms with Gasteiger partial charge in [-0.3, -0.25) is 9.97 Å². The van der Waals surface area contributed by atoms with Crippen molar-refractivity contribution in [2.24, 2.45) is 0 Å². The summed E-state index contributed by atoms with van der Waals surface area (Å²) < 4.78 is 0. The van der Waals surface area contributed by atoms with Crippen molar-refractivity contribution in [1.29, 1.82) is 0 Å². The number of pyridine rings is 3. The molecule has 0 saturated heterocycles. The highest BCUT2D eigenvalue weighted by molar-refractivity contribution is 7.99. The number of aromatic nitrogens is 5. The standard InChI is InChI=1S/C56H35N5S/c1-3-11-36(12-4-1)51-35-52(37-13-5-2-6-14-37)61-55(60-51)41-20-22-44-43-21-19-40(42-33-49(38-23-27-57-28-24-38)59-50(34-42)39-25-29-58-30-26-39)31-47(43)56(48(44)32-41)45-15-7-9-17-53(45)62-54-18-10-8-16-46(54)56/h1-35H. The minimum Gasteiger partial charge on any atom is -0.265 e. The summed E-state index contributed by atoms with van der Waals surface area (Å²) in [6.07, 6.45) is 7.29. The molecule has 1 aliphatic heterocycles. The van der Waals surface area contributed by atoms with Crippen LogP contribution in [0, 0.1) is 0 Å². The summed E-state index contributed by atoms with van der Waals surface area (Å²) >= 11 is 1.85. The minimum atomic E-state index is -0.622. The summed E-state index contributed by atoms with van der Waals surface area (Å²) in [6.45, 7) is 0. The van der Waals surface area contributed by atoms with Gasteiger partial charge in [0, 0.05) is 62.4 Å². The van der Waals surface area contributed by atoms with Crippen LogP contribution in [0.3, 0.4) is 0 Å². The van der Waals surface area contributed by atoms with E-state index in [1.165, 1.54) is 43.2 Å². The van der Waals surface area contributed by atoms with Gasteiger partial charge >= 0.3 is 0 Å². The lowest BCUT2D eigenvalue weighted by molar-refractivity contribution is 0.722. The topological polar surface area (TPSA) is 64.5 Å². The lowest BCUT2D eigenvalue weighted by atomic mass is 9.67. The molecule has 0 saturated carbocycles. The summed E-state index contributed by atoms with van der Waals surface area (Å²) in [6, 6.07) is 67.1. The quantitative estimate of drug-likeness (QED) is 0.167. The molecule has 4 aromatic heterocycles. The van der Waals surface area contributed by atoms with Crippen LogP contribution in [-0.2, 0) is 5.41 Å². The first-order chi connectivity index (χ1) is 30.7. The zero-order chi connectivity index (χ0) is 41.0. The molecule has 0 N–H and O–H groups in total. The Balaban J connectivity index is 1.11. The van der Waals surface area contributed by atoms with E-state index in [2.05, 4.69) is 162 Å². The average molecular weight is 810 g/mol. The van der Waals surface area contributed by atoms with E-state index in [0.717, 1.165) is 61.7 Å². The maximum absolute atomic E-state index is 5.29. The fraction of sp³-hybridized carbons (Fsp3) is 0.0179. The molecule has 2 aliphatic rings. The van der Waals surface area contributed by atoms with Gasteiger partial charge in [0.1, 0.15) is 0 Å². The molecular weight excluding hydrogens is 775 g/mol. The second-order valence-corrected chi connectivity index (χ2v) is 16.7. The molecule has 0 radical (unpaired) electrons. The van der Waals surface area contributed by atoms with Crippen molar-refractivity contribution in [1.82, 2.24) is 24.9 Å². The molecule has 1 spiro atoms. The largest absolute Gasteiger partial charge is 0.265 e. The highest BCUT2D eigenvalue weighted by Gasteiger charge is 2.50. The predicted octanol–water partition coefficient (Wildman–Crippen LogP) is 13.5. The second-order valence-electron chi connectivity index (χ2n) is 15.7. The molecule has 290 valence electrons. The van der Waals surface area contributed by atoms with E-state index in [0.29, 0.717) is 5.82 Å². The third kappa shape index (κ3) is 5.91. The molecule has 0 atom stereocenters. The van der Waals surface area contributed by atoms with Gasteiger partial charge in [0.05, 0.1) is 28.2 Å². The molecule has 0 unspecified atom stereocenters. The van der Waals surface area contributed by atoms with Crippen LogP contribution in [0.4, 0.5) is 0 Å². The van der Waals surface area contributed by atoms with Crippen LogP contribution in [0.5, 0.6) is 0 Å². The lowest BCUT2D eigenvalue weighted by Crippen LogP contribution is -2.32. The zero-order valence-electron chi connectivity index (χ0n) is 33.4. The van der Waals surface area contributed by atoms with Crippen LogP contribution < -0.4 is 0 Å². The maximum Gasteiger partial charge on any atom is 0.160 e. The molecular formula is C56H35N5S. The molecule has 5 heterocycles. The number of nitrogens with zero attached hydrogens (tertiary/aromatic N) is 5. The van der Waals surface area contributed by atoms with E-state index in [1.54, 1.807) is 0 Å². The Morgan fingerprint density at radius 3 is 1.27 bits per heavy atom. The monoisotopic (exact) mass is 809 g/mol. The third-order valence-electron chi connectivity index (χ3n) is 12.2. The van der Waals surface area contributed by atoms with Gasteiger partial charge in [-0.1, -0.05) is 133 Å². The Morgan fingerprint density at radius 2 is 0.742 bits per heavy atom. The second kappa shape index (κ2) is 14.7. The first-order valence-corrected chi connectivity index (χ1v) is 21.5. The first-order valence-electron chi connectivity index (χ1n) is 20.7. The zero-order valence-corrected chi connectivity index (χ0v) is 34.2. The van der Waals surface area contributed by atoms with Crippen molar-refractivity contribution in [3.63, 3.8) is 0 Å². The predicted molar refractivity (Wildman–Crippen MR) is 249 cm³/mol. The van der Waals surface area contributed by atoms with Crippen LogP contribution in [-0.4, -0.2) is 24.9 Å². The van der Waals surface area contributed by atoms with Gasteiger partial charge in [-0.05, 0) is 111 Å². The number of fused-ring (bicyclic) bond motifs is 9. The Kier molecular flexibility index (Phi) is 8.57. The van der Waals surface area contributed by atoms with Gasteiger partial charge in [-0.25, -0.2) is 15.0 Å². The van der Waals surface area contributed by atoms with Crippen molar-refractivity contribution >= 4 is 11.8 Å². The van der Waals surface area contributed by atoms with E-state index in [9.17, 15) is 0 Å². The summed E-state index contributed by atoms with van der Waals surface area (Å²) in [4.78, 5) is 26.8. The lowest BCUT2D eigenvalue weighted by Gasteiger charge is -2.39. The molecule has 62 heavy (non-hydrogen) atoms. The van der Waals surface area contributed by atoms with Crippen LogP contribution in [0.15, 0.2) is 223 Å². The van der Waals surface area contributed by atoms with E-state index in [4.69, 9.17) is 15.0 Å². The van der Waals surface area contributed by atoms with Crippen molar-refractivity contribution in [2.45, 2.75) is 15.2 Å². The Bertz CT molecular complexity index is 2980. The Labute approximate surface area is 364 Å². The van der Waals surface area contributed by atoms with Crippen molar-refractivity contribution < 1.29 is 0 Å². The van der Waals surface area contributed by atoms with E-state index in [1.807, 2.05) is 72.9 Å². The fourth-order valence-corrected chi connectivity index (χ4v) is 10.5. The van der Waals surface area contributed by atoms with Gasteiger partial charge in [-0.15, -0.1) is 0 Å². The number of rotatable bonds is 6. The first kappa shape index (κ1) is 36.1. The van der Waals surface area contributed by atoms with Gasteiger partial charge < -0.3 is 0 Å². The van der Waals surface area contributed by atoms with Crippen molar-refractivity contribution in [2.75, 3.05) is 0 Å². The number of hydrogen-bond acceptors (Lipinski definition) is 6. The van der Waals surface area contributed by atoms with Gasteiger partial charge in [0.25, 0.3) is 0 Å². The Hall–Kier alpha value is -7.80. The van der Waals surface area contributed by atoms with Gasteiger partial charge in [0.2, 0.25) is 0 Å². The maximum atomic E-state index is 5.29. The van der Waals surface area contributed by atoms with Crippen LogP contribution in [0.2, 0.25) is 0 Å². The minimum absolute atomic E-state index is 0.622. The molecule has 6 heteroatoms. The molecule has 6 aromatic carbocycles.